The van der Waals surface area contributed by atoms with Crippen LogP contribution in [0.5, 0.6) is 0 Å². The first kappa shape index (κ1) is 11.6. The zero-order valence-electron chi connectivity index (χ0n) is 10.1. The molecule has 1 aromatic carbocycles. The average molecular weight is 219 g/mol. The number of aliphatic hydroxyl groups is 1. The third-order valence-electron chi connectivity index (χ3n) is 3.74. The van der Waals surface area contributed by atoms with E-state index in [4.69, 9.17) is 0 Å². The van der Waals surface area contributed by atoms with Crippen molar-refractivity contribution in [2.24, 2.45) is 0 Å². The van der Waals surface area contributed by atoms with Crippen LogP contribution in [0, 0.1) is 0 Å². The Hall–Kier alpha value is -0.860. The average Bonchev–Trinajstić information content (AvgIpc) is 2.82. The molecule has 0 spiro atoms. The Morgan fingerprint density at radius 2 is 2.00 bits per heavy atom. The maximum atomic E-state index is 10.5. The normalized spacial score (nSPS) is 23.3. The second-order valence-electron chi connectivity index (χ2n) is 5.24. The van der Waals surface area contributed by atoms with Crippen LogP contribution in [0.4, 0.5) is 0 Å². The molecular formula is C14H21NO. The third-order valence-corrected chi connectivity index (χ3v) is 3.74. The summed E-state index contributed by atoms with van der Waals surface area (Å²) in [6.45, 7) is 5.27. The van der Waals surface area contributed by atoms with E-state index in [9.17, 15) is 5.11 Å². The van der Waals surface area contributed by atoms with Gasteiger partial charge in [0.2, 0.25) is 0 Å². The lowest BCUT2D eigenvalue weighted by atomic mass is 9.76. The van der Waals surface area contributed by atoms with Gasteiger partial charge in [-0.15, -0.1) is 0 Å². The Bertz CT molecular complexity index is 328. The van der Waals surface area contributed by atoms with Crippen LogP contribution in [0.15, 0.2) is 30.3 Å². The monoisotopic (exact) mass is 219 g/mol. The highest BCUT2D eigenvalue weighted by molar-refractivity contribution is 5.25. The largest absolute Gasteiger partial charge is 0.391 e. The molecule has 16 heavy (non-hydrogen) atoms. The van der Waals surface area contributed by atoms with Crippen molar-refractivity contribution in [3.8, 4) is 0 Å². The summed E-state index contributed by atoms with van der Waals surface area (Å²) in [6.07, 6.45) is 1.93. The second kappa shape index (κ2) is 4.56. The maximum absolute atomic E-state index is 10.5. The van der Waals surface area contributed by atoms with Gasteiger partial charge < -0.3 is 10.4 Å². The molecule has 0 aliphatic carbocycles. The van der Waals surface area contributed by atoms with Crippen LogP contribution in [0.1, 0.15) is 32.3 Å². The fourth-order valence-corrected chi connectivity index (χ4v) is 2.52. The van der Waals surface area contributed by atoms with Crippen LogP contribution < -0.4 is 5.32 Å². The molecule has 0 amide bonds. The molecule has 1 unspecified atom stereocenters. The van der Waals surface area contributed by atoms with Gasteiger partial charge >= 0.3 is 0 Å². The second-order valence-corrected chi connectivity index (χ2v) is 5.24. The molecule has 2 heteroatoms. The quantitative estimate of drug-likeness (QED) is 0.815. The summed E-state index contributed by atoms with van der Waals surface area (Å²) in [6, 6.07) is 10.5. The molecule has 0 bridgehead atoms. The molecule has 0 aromatic heterocycles. The van der Waals surface area contributed by atoms with Crippen molar-refractivity contribution in [1.29, 1.82) is 0 Å². The Labute approximate surface area is 97.7 Å². The standard InChI is InChI=1S/C14H21NO/c1-14(2,11-7-4-3-5-8-11)13(16)12-9-6-10-15-12/h3-5,7-8,12-13,15-16H,6,9-10H2,1-2H3/t12-,13?/m0/s1. The smallest absolute Gasteiger partial charge is 0.0784 e. The van der Waals surface area contributed by atoms with Gasteiger partial charge in [-0.1, -0.05) is 44.2 Å². The maximum Gasteiger partial charge on any atom is 0.0784 e. The van der Waals surface area contributed by atoms with Crippen LogP contribution in [0.3, 0.4) is 0 Å². The van der Waals surface area contributed by atoms with Crippen LogP contribution >= 0.6 is 0 Å². The summed E-state index contributed by atoms with van der Waals surface area (Å²) in [4.78, 5) is 0. The Morgan fingerprint density at radius 3 is 2.56 bits per heavy atom. The molecular weight excluding hydrogens is 198 g/mol. The van der Waals surface area contributed by atoms with Crippen LogP contribution in [0.25, 0.3) is 0 Å². The Morgan fingerprint density at radius 1 is 1.31 bits per heavy atom. The van der Waals surface area contributed by atoms with Gasteiger partial charge in [0.25, 0.3) is 0 Å². The number of benzene rings is 1. The van der Waals surface area contributed by atoms with E-state index in [-0.39, 0.29) is 17.6 Å². The fraction of sp³-hybridized carbons (Fsp3) is 0.571. The molecule has 1 heterocycles. The highest BCUT2D eigenvalue weighted by Gasteiger charge is 2.36. The van der Waals surface area contributed by atoms with E-state index in [1.54, 1.807) is 0 Å². The van der Waals surface area contributed by atoms with Crippen molar-refractivity contribution < 1.29 is 5.11 Å². The van der Waals surface area contributed by atoms with Gasteiger partial charge in [-0.05, 0) is 24.9 Å². The summed E-state index contributed by atoms with van der Waals surface area (Å²) in [5, 5.41) is 13.8. The topological polar surface area (TPSA) is 32.3 Å². The van der Waals surface area contributed by atoms with Crippen molar-refractivity contribution in [2.75, 3.05) is 6.54 Å². The van der Waals surface area contributed by atoms with Crippen molar-refractivity contribution in [3.05, 3.63) is 35.9 Å². The first-order valence-corrected chi connectivity index (χ1v) is 6.09. The lowest BCUT2D eigenvalue weighted by molar-refractivity contribution is 0.0678. The van der Waals surface area contributed by atoms with Gasteiger partial charge in [0.1, 0.15) is 0 Å². The van der Waals surface area contributed by atoms with Gasteiger partial charge in [-0.25, -0.2) is 0 Å². The first-order chi connectivity index (χ1) is 7.62. The van der Waals surface area contributed by atoms with E-state index in [0.29, 0.717) is 0 Å². The Kier molecular flexibility index (Phi) is 3.31. The molecule has 1 aliphatic rings. The third kappa shape index (κ3) is 2.13. The number of hydrogen-bond donors (Lipinski definition) is 2. The first-order valence-electron chi connectivity index (χ1n) is 6.09. The highest BCUT2D eigenvalue weighted by atomic mass is 16.3. The van der Waals surface area contributed by atoms with Gasteiger partial charge in [0.15, 0.2) is 0 Å². The van der Waals surface area contributed by atoms with E-state index in [1.807, 2.05) is 18.2 Å². The molecule has 2 nitrogen and oxygen atoms in total. The van der Waals surface area contributed by atoms with Crippen molar-refractivity contribution >= 4 is 0 Å². The molecule has 1 fully saturated rings. The van der Waals surface area contributed by atoms with E-state index >= 15 is 0 Å². The van der Waals surface area contributed by atoms with Gasteiger partial charge in [0, 0.05) is 11.5 Å². The van der Waals surface area contributed by atoms with E-state index in [0.717, 1.165) is 13.0 Å². The van der Waals surface area contributed by atoms with Gasteiger partial charge in [-0.2, -0.15) is 0 Å². The molecule has 1 saturated heterocycles. The molecule has 88 valence electrons. The number of aliphatic hydroxyl groups excluding tert-OH is 1. The van der Waals surface area contributed by atoms with Gasteiger partial charge in [-0.3, -0.25) is 0 Å². The number of nitrogens with one attached hydrogen (secondary N) is 1. The number of rotatable bonds is 3. The highest BCUT2D eigenvalue weighted by Crippen LogP contribution is 2.30. The predicted octanol–water partition coefficient (Wildman–Crippen LogP) is 2.08. The van der Waals surface area contributed by atoms with Crippen molar-refractivity contribution in [2.45, 2.75) is 44.2 Å². The van der Waals surface area contributed by atoms with E-state index in [2.05, 4.69) is 31.3 Å². The molecule has 1 aromatic rings. The van der Waals surface area contributed by atoms with Crippen molar-refractivity contribution in [3.63, 3.8) is 0 Å². The van der Waals surface area contributed by atoms with Crippen LogP contribution in [-0.2, 0) is 5.41 Å². The van der Waals surface area contributed by atoms with Gasteiger partial charge in [0.05, 0.1) is 6.10 Å². The summed E-state index contributed by atoms with van der Waals surface area (Å²) < 4.78 is 0. The van der Waals surface area contributed by atoms with E-state index < -0.39 is 0 Å². The molecule has 2 rings (SSSR count). The lowest BCUT2D eigenvalue weighted by Gasteiger charge is -2.35. The summed E-state index contributed by atoms with van der Waals surface area (Å²) in [7, 11) is 0. The SMILES string of the molecule is CC(C)(c1ccccc1)C(O)[C@@H]1CCCN1. The zero-order valence-corrected chi connectivity index (χ0v) is 10.1. The Balaban J connectivity index is 2.17. The molecule has 0 saturated carbocycles. The van der Waals surface area contributed by atoms with Crippen LogP contribution in [-0.4, -0.2) is 23.8 Å². The van der Waals surface area contributed by atoms with Crippen molar-refractivity contribution in [1.82, 2.24) is 5.32 Å². The van der Waals surface area contributed by atoms with Crippen LogP contribution in [0.2, 0.25) is 0 Å². The summed E-state index contributed by atoms with van der Waals surface area (Å²) in [5.41, 5.74) is 1.01. The molecule has 1 aliphatic heterocycles. The van der Waals surface area contributed by atoms with E-state index in [1.165, 1.54) is 12.0 Å². The summed E-state index contributed by atoms with van der Waals surface area (Å²) >= 11 is 0. The number of hydrogen-bond acceptors (Lipinski definition) is 2. The fourth-order valence-electron chi connectivity index (χ4n) is 2.52. The minimum absolute atomic E-state index is 0.191. The molecule has 2 atom stereocenters. The lowest BCUT2D eigenvalue weighted by Crippen LogP contribution is -2.46. The predicted molar refractivity (Wildman–Crippen MR) is 66.5 cm³/mol. The minimum Gasteiger partial charge on any atom is -0.391 e. The zero-order chi connectivity index (χ0) is 11.6. The summed E-state index contributed by atoms with van der Waals surface area (Å²) in [5.74, 6) is 0. The minimum atomic E-state index is -0.322. The molecule has 2 N–H and O–H groups in total. The molecule has 0 radical (unpaired) electrons.